The Bertz CT molecular complexity index is 881. The molecule has 0 fully saturated rings. The van der Waals surface area contributed by atoms with Crippen LogP contribution in [0.4, 0.5) is 10.5 Å². The van der Waals surface area contributed by atoms with Crippen LogP contribution in [0.5, 0.6) is 0 Å². The number of carbonyl (C=O) groups excluding carboxylic acids is 4. The molecule has 8 nitrogen and oxygen atoms in total. The monoisotopic (exact) mass is 384 g/mol. The lowest BCUT2D eigenvalue weighted by Crippen LogP contribution is -2.39. The Morgan fingerprint density at radius 2 is 1.50 bits per heavy atom. The van der Waals surface area contributed by atoms with Crippen LogP contribution in [0.3, 0.4) is 0 Å². The minimum absolute atomic E-state index is 0.00741. The molecule has 0 spiro atoms. The number of nitrogens with one attached hydrogen (secondary N) is 1. The summed E-state index contributed by atoms with van der Waals surface area (Å²) in [6, 6.07) is 15.1. The Morgan fingerprint density at radius 1 is 0.929 bits per heavy atom. The molecule has 1 N–H and O–H groups in total. The topological polar surface area (TPSA) is 102 Å². The SMILES string of the molecule is COC(=O)NC(=O)[C@H](C)OC(=O)c1ccccc1C(=O)N(C)c1ccccc1. The van der Waals surface area contributed by atoms with Gasteiger partial charge < -0.3 is 14.4 Å². The van der Waals surface area contributed by atoms with E-state index >= 15 is 0 Å². The highest BCUT2D eigenvalue weighted by Gasteiger charge is 2.25. The third-order valence-corrected chi connectivity index (χ3v) is 3.89. The smallest absolute Gasteiger partial charge is 0.413 e. The fraction of sp³-hybridized carbons (Fsp3) is 0.200. The number of amides is 3. The summed E-state index contributed by atoms with van der Waals surface area (Å²) in [6.45, 7) is 1.30. The third-order valence-electron chi connectivity index (χ3n) is 3.89. The van der Waals surface area contributed by atoms with Crippen molar-refractivity contribution in [3.63, 3.8) is 0 Å². The minimum Gasteiger partial charge on any atom is -0.453 e. The first-order valence-electron chi connectivity index (χ1n) is 8.37. The molecule has 0 aliphatic carbocycles. The summed E-state index contributed by atoms with van der Waals surface area (Å²) in [5, 5.41) is 1.91. The summed E-state index contributed by atoms with van der Waals surface area (Å²) in [7, 11) is 2.69. The summed E-state index contributed by atoms with van der Waals surface area (Å²) < 4.78 is 9.41. The number of hydrogen-bond donors (Lipinski definition) is 1. The second-order valence-electron chi connectivity index (χ2n) is 5.77. The van der Waals surface area contributed by atoms with Crippen LogP contribution in [-0.2, 0) is 14.3 Å². The first-order valence-corrected chi connectivity index (χ1v) is 8.37. The molecular formula is C20H20N2O6. The predicted octanol–water partition coefficient (Wildman–Crippen LogP) is 2.39. The second-order valence-corrected chi connectivity index (χ2v) is 5.77. The van der Waals surface area contributed by atoms with Crippen LogP contribution < -0.4 is 10.2 Å². The first kappa shape index (κ1) is 20.6. The van der Waals surface area contributed by atoms with Crippen molar-refractivity contribution in [1.29, 1.82) is 0 Å². The van der Waals surface area contributed by atoms with E-state index in [9.17, 15) is 19.2 Å². The number of rotatable bonds is 5. The molecule has 146 valence electrons. The maximum Gasteiger partial charge on any atom is 0.413 e. The number of hydrogen-bond acceptors (Lipinski definition) is 6. The average Bonchev–Trinajstić information content (AvgIpc) is 2.72. The summed E-state index contributed by atoms with van der Waals surface area (Å²) in [5.41, 5.74) is 0.786. The maximum atomic E-state index is 12.9. The highest BCUT2D eigenvalue weighted by molar-refractivity contribution is 6.12. The van der Waals surface area contributed by atoms with Crippen molar-refractivity contribution in [3.05, 3.63) is 65.7 Å². The third kappa shape index (κ3) is 4.94. The van der Waals surface area contributed by atoms with Crippen LogP contribution >= 0.6 is 0 Å². The van der Waals surface area contributed by atoms with Crippen LogP contribution in [0.2, 0.25) is 0 Å². The van der Waals surface area contributed by atoms with Crippen molar-refractivity contribution < 1.29 is 28.7 Å². The lowest BCUT2D eigenvalue weighted by atomic mass is 10.1. The van der Waals surface area contributed by atoms with Gasteiger partial charge in [-0.15, -0.1) is 0 Å². The zero-order valence-corrected chi connectivity index (χ0v) is 15.7. The van der Waals surface area contributed by atoms with E-state index in [0.29, 0.717) is 5.69 Å². The number of para-hydroxylation sites is 1. The molecule has 28 heavy (non-hydrogen) atoms. The van der Waals surface area contributed by atoms with Gasteiger partial charge >= 0.3 is 12.1 Å². The van der Waals surface area contributed by atoms with E-state index in [0.717, 1.165) is 7.11 Å². The molecule has 0 saturated carbocycles. The van der Waals surface area contributed by atoms with Gasteiger partial charge in [-0.25, -0.2) is 9.59 Å². The van der Waals surface area contributed by atoms with Crippen LogP contribution in [0.1, 0.15) is 27.6 Å². The van der Waals surface area contributed by atoms with Gasteiger partial charge in [0, 0.05) is 12.7 Å². The number of imide groups is 1. The van der Waals surface area contributed by atoms with Crippen molar-refractivity contribution >= 4 is 29.6 Å². The van der Waals surface area contributed by atoms with Gasteiger partial charge in [0.15, 0.2) is 6.10 Å². The van der Waals surface area contributed by atoms with Crippen molar-refractivity contribution in [1.82, 2.24) is 5.32 Å². The van der Waals surface area contributed by atoms with E-state index in [4.69, 9.17) is 4.74 Å². The van der Waals surface area contributed by atoms with E-state index in [1.807, 2.05) is 11.4 Å². The number of alkyl carbamates (subject to hydrolysis) is 1. The van der Waals surface area contributed by atoms with Crippen molar-refractivity contribution in [2.75, 3.05) is 19.1 Å². The van der Waals surface area contributed by atoms with E-state index in [1.165, 1.54) is 24.0 Å². The van der Waals surface area contributed by atoms with Crippen LogP contribution in [0.25, 0.3) is 0 Å². The molecule has 0 aromatic heterocycles. The molecule has 2 aromatic carbocycles. The zero-order valence-electron chi connectivity index (χ0n) is 15.7. The van der Waals surface area contributed by atoms with Crippen LogP contribution in [0.15, 0.2) is 54.6 Å². The summed E-state index contributed by atoms with van der Waals surface area (Å²) in [6.07, 6.45) is -2.23. The molecule has 2 aromatic rings. The van der Waals surface area contributed by atoms with Gasteiger partial charge in [-0.1, -0.05) is 30.3 Å². The highest BCUT2D eigenvalue weighted by Crippen LogP contribution is 2.18. The molecular weight excluding hydrogens is 364 g/mol. The zero-order chi connectivity index (χ0) is 20.7. The highest BCUT2D eigenvalue weighted by atomic mass is 16.6. The van der Waals surface area contributed by atoms with Gasteiger partial charge in [0.25, 0.3) is 11.8 Å². The van der Waals surface area contributed by atoms with Gasteiger partial charge in [0.2, 0.25) is 0 Å². The van der Waals surface area contributed by atoms with Crippen LogP contribution in [0, 0.1) is 0 Å². The molecule has 0 aliphatic heterocycles. The maximum absolute atomic E-state index is 12.9. The molecule has 0 bridgehead atoms. The second kappa shape index (κ2) is 9.31. The number of methoxy groups -OCH3 is 1. The Labute approximate surface area is 162 Å². The number of esters is 1. The molecule has 1 atom stereocenters. The largest absolute Gasteiger partial charge is 0.453 e. The molecule has 0 saturated heterocycles. The van der Waals surface area contributed by atoms with E-state index in [-0.39, 0.29) is 11.1 Å². The minimum atomic E-state index is -1.26. The number of carbonyl (C=O) groups is 4. The van der Waals surface area contributed by atoms with E-state index < -0.39 is 30.0 Å². The normalized spacial score (nSPS) is 11.1. The van der Waals surface area contributed by atoms with Gasteiger partial charge in [-0.3, -0.25) is 14.9 Å². The van der Waals surface area contributed by atoms with Gasteiger partial charge in [-0.05, 0) is 31.2 Å². The average molecular weight is 384 g/mol. The van der Waals surface area contributed by atoms with E-state index in [2.05, 4.69) is 4.74 Å². The lowest BCUT2D eigenvalue weighted by molar-refractivity contribution is -0.128. The molecule has 0 radical (unpaired) electrons. The Balaban J connectivity index is 2.19. The standard InChI is InChI=1S/C20H20N2O6/c1-13(17(23)21-20(26)27-3)28-19(25)16-12-8-7-11-15(16)18(24)22(2)14-9-5-4-6-10-14/h4-13H,1-3H3,(H,21,23,26)/t13-/m0/s1. The quantitative estimate of drug-likeness (QED) is 0.794. The molecule has 0 heterocycles. The molecule has 0 unspecified atom stereocenters. The summed E-state index contributed by atoms with van der Waals surface area (Å²) in [5.74, 6) is -2.12. The fourth-order valence-corrected chi connectivity index (χ4v) is 2.33. The molecule has 2 rings (SSSR count). The Kier molecular flexibility index (Phi) is 6.86. The predicted molar refractivity (Wildman–Crippen MR) is 101 cm³/mol. The van der Waals surface area contributed by atoms with Crippen molar-refractivity contribution in [3.8, 4) is 0 Å². The number of nitrogens with zero attached hydrogens (tertiary/aromatic N) is 1. The van der Waals surface area contributed by atoms with Crippen molar-refractivity contribution in [2.45, 2.75) is 13.0 Å². The number of ether oxygens (including phenoxy) is 2. The first-order chi connectivity index (χ1) is 13.3. The summed E-state index contributed by atoms with van der Waals surface area (Å²) in [4.78, 5) is 49.7. The number of benzene rings is 2. The molecule has 0 aliphatic rings. The summed E-state index contributed by atoms with van der Waals surface area (Å²) >= 11 is 0. The van der Waals surface area contributed by atoms with E-state index in [1.54, 1.807) is 43.4 Å². The van der Waals surface area contributed by atoms with Gasteiger partial charge in [-0.2, -0.15) is 0 Å². The van der Waals surface area contributed by atoms with Gasteiger partial charge in [0.05, 0.1) is 18.2 Å². The fourth-order valence-electron chi connectivity index (χ4n) is 2.33. The Hall–Kier alpha value is -3.68. The molecule has 3 amide bonds. The van der Waals surface area contributed by atoms with Gasteiger partial charge in [0.1, 0.15) is 0 Å². The number of anilines is 1. The van der Waals surface area contributed by atoms with Crippen LogP contribution in [-0.4, -0.2) is 44.1 Å². The van der Waals surface area contributed by atoms with Crippen molar-refractivity contribution in [2.24, 2.45) is 0 Å². The lowest BCUT2D eigenvalue weighted by Gasteiger charge is -2.19. The molecule has 8 heteroatoms. The Morgan fingerprint density at radius 3 is 2.11 bits per heavy atom.